The fourth-order valence-electron chi connectivity index (χ4n) is 3.15. The molecule has 0 saturated carbocycles. The van der Waals surface area contributed by atoms with Crippen LogP contribution in [0.3, 0.4) is 0 Å². The van der Waals surface area contributed by atoms with Crippen molar-refractivity contribution in [2.24, 2.45) is 5.92 Å². The van der Waals surface area contributed by atoms with Crippen molar-refractivity contribution in [3.8, 4) is 0 Å². The van der Waals surface area contributed by atoms with Gasteiger partial charge in [-0.3, -0.25) is 0 Å². The van der Waals surface area contributed by atoms with Crippen LogP contribution in [0.4, 0.5) is 5.69 Å². The van der Waals surface area contributed by atoms with Crippen molar-refractivity contribution in [1.29, 1.82) is 0 Å². The van der Waals surface area contributed by atoms with Gasteiger partial charge in [0.1, 0.15) is 11.1 Å². The number of fused-ring (bicyclic) bond motifs is 1. The molecule has 0 bridgehead atoms. The first-order valence-electron chi connectivity index (χ1n) is 9.52. The van der Waals surface area contributed by atoms with Crippen LogP contribution in [0, 0.1) is 5.92 Å². The van der Waals surface area contributed by atoms with E-state index in [2.05, 4.69) is 30.9 Å². The van der Waals surface area contributed by atoms with Gasteiger partial charge in [0.2, 0.25) is 0 Å². The normalized spacial score (nSPS) is 11.0. The molecule has 0 spiro atoms. The monoisotopic (exact) mass is 379 g/mol. The molecule has 0 amide bonds. The summed E-state index contributed by atoms with van der Waals surface area (Å²) in [5.74, 6) is -0.189. The van der Waals surface area contributed by atoms with Gasteiger partial charge in [-0.15, -0.1) is 0 Å². The first kappa shape index (κ1) is 19.7. The van der Waals surface area contributed by atoms with Crippen LogP contribution in [0.15, 0.2) is 63.8 Å². The summed E-state index contributed by atoms with van der Waals surface area (Å²) in [7, 11) is 0. The zero-order chi connectivity index (χ0) is 20.1. The average Bonchev–Trinajstić information content (AvgIpc) is 2.67. The highest BCUT2D eigenvalue weighted by Gasteiger charge is 2.16. The number of anilines is 1. The molecule has 3 rings (SSSR count). The Morgan fingerprint density at radius 1 is 1.11 bits per heavy atom. The Kier molecular flexibility index (Phi) is 6.14. The van der Waals surface area contributed by atoms with E-state index in [4.69, 9.17) is 9.15 Å². The predicted octanol–water partition coefficient (Wildman–Crippen LogP) is 4.63. The Bertz CT molecular complexity index is 1010. The zero-order valence-corrected chi connectivity index (χ0v) is 16.5. The van der Waals surface area contributed by atoms with E-state index in [0.717, 1.165) is 18.8 Å². The van der Waals surface area contributed by atoms with Crippen molar-refractivity contribution in [2.75, 3.05) is 18.1 Å². The smallest absolute Gasteiger partial charge is 0.351 e. The van der Waals surface area contributed by atoms with E-state index in [1.807, 2.05) is 36.4 Å². The lowest BCUT2D eigenvalue weighted by molar-refractivity contribution is 0.0522. The van der Waals surface area contributed by atoms with Gasteiger partial charge in [0.25, 0.3) is 0 Å². The molecule has 28 heavy (non-hydrogen) atoms. The molecule has 0 N–H and O–H groups in total. The summed E-state index contributed by atoms with van der Waals surface area (Å²) >= 11 is 0. The molecule has 3 aromatic rings. The number of benzene rings is 2. The highest BCUT2D eigenvalue weighted by molar-refractivity contribution is 5.93. The lowest BCUT2D eigenvalue weighted by Crippen LogP contribution is -2.27. The lowest BCUT2D eigenvalue weighted by Gasteiger charge is -2.27. The second-order valence-electron chi connectivity index (χ2n) is 7.15. The number of ether oxygens (including phenoxy) is 1. The van der Waals surface area contributed by atoms with Crippen molar-refractivity contribution < 1.29 is 13.9 Å². The maximum absolute atomic E-state index is 12.2. The minimum atomic E-state index is -0.679. The van der Waals surface area contributed by atoms with Crippen molar-refractivity contribution in [3.63, 3.8) is 0 Å². The molecule has 0 aliphatic rings. The third-order valence-corrected chi connectivity index (χ3v) is 4.38. The van der Waals surface area contributed by atoms with Crippen LogP contribution in [0.5, 0.6) is 0 Å². The van der Waals surface area contributed by atoms with E-state index in [-0.39, 0.29) is 12.2 Å². The molecule has 0 radical (unpaired) electrons. The van der Waals surface area contributed by atoms with Crippen molar-refractivity contribution in [1.82, 2.24) is 0 Å². The molecule has 0 saturated heterocycles. The first-order chi connectivity index (χ1) is 13.5. The molecular weight excluding hydrogens is 354 g/mol. The molecule has 5 nitrogen and oxygen atoms in total. The van der Waals surface area contributed by atoms with Gasteiger partial charge in [-0.2, -0.15) is 0 Å². The van der Waals surface area contributed by atoms with Gasteiger partial charge in [-0.1, -0.05) is 44.2 Å². The van der Waals surface area contributed by atoms with Crippen LogP contribution in [0.2, 0.25) is 0 Å². The fourth-order valence-corrected chi connectivity index (χ4v) is 3.15. The average molecular weight is 379 g/mol. The van der Waals surface area contributed by atoms with Crippen LogP contribution < -0.4 is 10.5 Å². The van der Waals surface area contributed by atoms with E-state index in [1.54, 1.807) is 6.92 Å². The van der Waals surface area contributed by atoms with Gasteiger partial charge in [0.15, 0.2) is 0 Å². The molecular formula is C23H25NO4. The number of carbonyl (C=O) groups excluding carboxylic acids is 1. The molecule has 5 heteroatoms. The Morgan fingerprint density at radius 2 is 1.86 bits per heavy atom. The molecule has 0 fully saturated rings. The van der Waals surface area contributed by atoms with Gasteiger partial charge >= 0.3 is 11.6 Å². The van der Waals surface area contributed by atoms with E-state index in [9.17, 15) is 9.59 Å². The highest BCUT2D eigenvalue weighted by Crippen LogP contribution is 2.24. The maximum atomic E-state index is 12.2. The summed E-state index contributed by atoms with van der Waals surface area (Å²) in [5, 5.41) is 0.690. The number of carbonyl (C=O) groups is 1. The molecule has 1 heterocycles. The predicted molar refractivity (Wildman–Crippen MR) is 111 cm³/mol. The number of nitrogens with zero attached hydrogens (tertiary/aromatic N) is 1. The quantitative estimate of drug-likeness (QED) is 0.442. The molecule has 0 aliphatic heterocycles. The Labute approximate surface area is 164 Å². The standard InChI is InChI=1S/C23H25NO4/c1-4-27-22(25)20-12-18-10-11-19(13-21(18)28-23(20)26)24(14-16(2)3)15-17-8-6-5-7-9-17/h5-13,16H,4,14-15H2,1-3H3. The van der Waals surface area contributed by atoms with E-state index in [0.29, 0.717) is 16.9 Å². The minimum Gasteiger partial charge on any atom is -0.462 e. The molecule has 146 valence electrons. The van der Waals surface area contributed by atoms with Crippen molar-refractivity contribution in [2.45, 2.75) is 27.3 Å². The second-order valence-corrected chi connectivity index (χ2v) is 7.15. The Balaban J connectivity index is 1.97. The molecule has 0 unspecified atom stereocenters. The summed E-state index contributed by atoms with van der Waals surface area (Å²) in [4.78, 5) is 26.4. The van der Waals surface area contributed by atoms with Crippen molar-refractivity contribution in [3.05, 3.63) is 76.1 Å². The maximum Gasteiger partial charge on any atom is 0.351 e. The molecule has 0 aliphatic carbocycles. The fraction of sp³-hybridized carbons (Fsp3) is 0.304. The third-order valence-electron chi connectivity index (χ3n) is 4.38. The summed E-state index contributed by atoms with van der Waals surface area (Å²) in [6.07, 6.45) is 0. The van der Waals surface area contributed by atoms with Crippen LogP contribution in [-0.4, -0.2) is 19.1 Å². The van der Waals surface area contributed by atoms with Gasteiger partial charge in [0, 0.05) is 30.2 Å². The number of esters is 1. The summed E-state index contributed by atoms with van der Waals surface area (Å²) in [6.45, 7) is 7.87. The highest BCUT2D eigenvalue weighted by atomic mass is 16.5. The van der Waals surface area contributed by atoms with Gasteiger partial charge in [-0.05, 0) is 36.6 Å². The summed E-state index contributed by atoms with van der Waals surface area (Å²) < 4.78 is 10.3. The van der Waals surface area contributed by atoms with Crippen molar-refractivity contribution >= 4 is 22.6 Å². The molecule has 0 atom stereocenters. The largest absolute Gasteiger partial charge is 0.462 e. The number of hydrogen-bond acceptors (Lipinski definition) is 5. The van der Waals surface area contributed by atoms with E-state index < -0.39 is 11.6 Å². The van der Waals surface area contributed by atoms with E-state index >= 15 is 0 Å². The number of rotatable bonds is 7. The van der Waals surface area contributed by atoms with Crippen LogP contribution in [-0.2, 0) is 11.3 Å². The lowest BCUT2D eigenvalue weighted by atomic mass is 10.1. The Hall–Kier alpha value is -3.08. The zero-order valence-electron chi connectivity index (χ0n) is 16.5. The second kappa shape index (κ2) is 8.74. The minimum absolute atomic E-state index is 0.0783. The van der Waals surface area contributed by atoms with Crippen LogP contribution in [0.25, 0.3) is 11.0 Å². The molecule has 2 aromatic carbocycles. The third kappa shape index (κ3) is 4.60. The van der Waals surface area contributed by atoms with Crippen LogP contribution in [0.1, 0.15) is 36.7 Å². The summed E-state index contributed by atoms with van der Waals surface area (Å²) in [6, 6.07) is 17.5. The summed E-state index contributed by atoms with van der Waals surface area (Å²) in [5.41, 5.74) is 1.88. The first-order valence-corrected chi connectivity index (χ1v) is 9.52. The number of hydrogen-bond donors (Lipinski definition) is 0. The SMILES string of the molecule is CCOC(=O)c1cc2ccc(N(Cc3ccccc3)CC(C)C)cc2oc1=O. The van der Waals surface area contributed by atoms with Gasteiger partial charge in [0.05, 0.1) is 6.61 Å². The Morgan fingerprint density at radius 3 is 2.54 bits per heavy atom. The van der Waals surface area contributed by atoms with Gasteiger partial charge < -0.3 is 14.1 Å². The topological polar surface area (TPSA) is 59.8 Å². The molecule has 1 aromatic heterocycles. The van der Waals surface area contributed by atoms with E-state index in [1.165, 1.54) is 11.6 Å². The van der Waals surface area contributed by atoms with Crippen LogP contribution >= 0.6 is 0 Å². The van der Waals surface area contributed by atoms with Gasteiger partial charge in [-0.25, -0.2) is 9.59 Å².